The van der Waals surface area contributed by atoms with Crippen LogP contribution in [0.4, 0.5) is 9.18 Å². The van der Waals surface area contributed by atoms with Crippen LogP contribution in [-0.4, -0.2) is 55.8 Å². The van der Waals surface area contributed by atoms with Gasteiger partial charge in [0.05, 0.1) is 17.1 Å². The van der Waals surface area contributed by atoms with E-state index in [0.717, 1.165) is 12.1 Å². The van der Waals surface area contributed by atoms with Crippen LogP contribution in [0.3, 0.4) is 0 Å². The van der Waals surface area contributed by atoms with E-state index >= 15 is 0 Å². The van der Waals surface area contributed by atoms with Crippen LogP contribution < -0.4 is 0 Å². The Morgan fingerprint density at radius 3 is 2.72 bits per heavy atom. The molecule has 0 aliphatic carbocycles. The van der Waals surface area contributed by atoms with E-state index in [0.29, 0.717) is 30.5 Å². The second-order valence-corrected chi connectivity index (χ2v) is 7.03. The van der Waals surface area contributed by atoms with Crippen LogP contribution in [0.2, 0.25) is 0 Å². The summed E-state index contributed by atoms with van der Waals surface area (Å²) >= 11 is 0. The van der Waals surface area contributed by atoms with Crippen LogP contribution in [0.25, 0.3) is 11.0 Å². The van der Waals surface area contributed by atoms with Crippen LogP contribution in [-0.2, 0) is 4.74 Å². The number of amides is 1. The third-order valence-electron chi connectivity index (χ3n) is 3.95. The van der Waals surface area contributed by atoms with Crippen molar-refractivity contribution in [2.24, 2.45) is 0 Å². The van der Waals surface area contributed by atoms with E-state index in [-0.39, 0.29) is 6.04 Å². The predicted octanol–water partition coefficient (Wildman–Crippen LogP) is 2.45. The third kappa shape index (κ3) is 3.40. The quantitative estimate of drug-likeness (QED) is 0.893. The molecule has 1 aromatic heterocycles. The molecule has 1 aliphatic heterocycles. The first-order valence-electron chi connectivity index (χ1n) is 7.91. The normalized spacial score (nSPS) is 17.9. The largest absolute Gasteiger partial charge is 0.478 e. The fourth-order valence-electron chi connectivity index (χ4n) is 2.83. The summed E-state index contributed by atoms with van der Waals surface area (Å²) in [4.78, 5) is 24.7. The lowest BCUT2D eigenvalue weighted by molar-refractivity contribution is 0.0288. The summed E-state index contributed by atoms with van der Waals surface area (Å²) in [7, 11) is 0. The van der Waals surface area contributed by atoms with Crippen LogP contribution in [0, 0.1) is 5.82 Å². The van der Waals surface area contributed by atoms with Gasteiger partial charge in [-0.3, -0.25) is 0 Å². The summed E-state index contributed by atoms with van der Waals surface area (Å²) in [6.45, 7) is 6.26. The van der Waals surface area contributed by atoms with Gasteiger partial charge in [-0.1, -0.05) is 5.21 Å². The average Bonchev–Trinajstić information content (AvgIpc) is 3.10. The van der Waals surface area contributed by atoms with Gasteiger partial charge in [-0.2, -0.15) is 0 Å². The van der Waals surface area contributed by atoms with Crippen LogP contribution in [0.15, 0.2) is 12.1 Å². The van der Waals surface area contributed by atoms with E-state index in [9.17, 15) is 14.0 Å². The molecule has 1 fully saturated rings. The van der Waals surface area contributed by atoms with Gasteiger partial charge in [0.25, 0.3) is 0 Å². The zero-order valence-electron chi connectivity index (χ0n) is 14.2. The minimum Gasteiger partial charge on any atom is -0.478 e. The lowest BCUT2D eigenvalue weighted by atomic mass is 10.1. The number of carbonyl (C=O) groups excluding carboxylic acids is 1. The Hall–Kier alpha value is -2.71. The molecule has 0 bridgehead atoms. The summed E-state index contributed by atoms with van der Waals surface area (Å²) in [5, 5.41) is 16.9. The van der Waals surface area contributed by atoms with E-state index in [1.807, 2.05) is 0 Å². The van der Waals surface area contributed by atoms with Gasteiger partial charge in [0.2, 0.25) is 0 Å². The second kappa shape index (κ2) is 5.98. The van der Waals surface area contributed by atoms with Gasteiger partial charge in [0.1, 0.15) is 16.9 Å². The molecule has 1 saturated heterocycles. The van der Waals surface area contributed by atoms with Gasteiger partial charge in [0.15, 0.2) is 0 Å². The molecule has 2 heterocycles. The van der Waals surface area contributed by atoms with Gasteiger partial charge < -0.3 is 14.7 Å². The van der Waals surface area contributed by atoms with Crippen molar-refractivity contribution in [3.8, 4) is 0 Å². The summed E-state index contributed by atoms with van der Waals surface area (Å²) in [6, 6.07) is 2.11. The molecular weight excluding hydrogens is 331 g/mol. The SMILES string of the molecule is CC(C)(C)OC(=O)N1CCC(n2nnc3cc(C(=O)O)c(F)cc32)C1. The number of likely N-dealkylation sites (tertiary alicyclic amines) is 1. The molecule has 0 spiro atoms. The van der Waals surface area contributed by atoms with Gasteiger partial charge in [0, 0.05) is 19.2 Å². The Bertz CT molecular complexity index is 843. The first-order chi connectivity index (χ1) is 11.7. The summed E-state index contributed by atoms with van der Waals surface area (Å²) in [6.07, 6.45) is 0.221. The second-order valence-electron chi connectivity index (χ2n) is 7.03. The Kier molecular flexibility index (Phi) is 4.09. The molecule has 1 atom stereocenters. The summed E-state index contributed by atoms with van der Waals surface area (Å²) < 4.78 is 20.9. The fourth-order valence-corrected chi connectivity index (χ4v) is 2.83. The first-order valence-corrected chi connectivity index (χ1v) is 7.91. The molecule has 134 valence electrons. The lowest BCUT2D eigenvalue weighted by Crippen LogP contribution is -2.35. The zero-order valence-corrected chi connectivity index (χ0v) is 14.2. The maximum atomic E-state index is 14.0. The maximum absolute atomic E-state index is 14.0. The average molecular weight is 350 g/mol. The molecule has 1 unspecified atom stereocenters. The van der Waals surface area contributed by atoms with E-state index in [2.05, 4.69) is 10.3 Å². The molecule has 2 aromatic rings. The van der Waals surface area contributed by atoms with Crippen molar-refractivity contribution >= 4 is 23.1 Å². The number of rotatable bonds is 2. The van der Waals surface area contributed by atoms with Crippen LogP contribution in [0.5, 0.6) is 0 Å². The van der Waals surface area contributed by atoms with Gasteiger partial charge in [-0.05, 0) is 33.3 Å². The number of benzene rings is 1. The van der Waals surface area contributed by atoms with E-state index in [4.69, 9.17) is 9.84 Å². The molecule has 8 nitrogen and oxygen atoms in total. The van der Waals surface area contributed by atoms with Crippen molar-refractivity contribution in [2.75, 3.05) is 13.1 Å². The minimum absolute atomic E-state index is 0.174. The van der Waals surface area contributed by atoms with Crippen molar-refractivity contribution in [1.29, 1.82) is 0 Å². The number of carboxylic acid groups (broad SMARTS) is 1. The Morgan fingerprint density at radius 1 is 1.36 bits per heavy atom. The molecule has 0 radical (unpaired) electrons. The van der Waals surface area contributed by atoms with Gasteiger partial charge in [-0.25, -0.2) is 18.7 Å². The van der Waals surface area contributed by atoms with E-state index in [1.54, 1.807) is 25.7 Å². The number of carbonyl (C=O) groups is 2. The van der Waals surface area contributed by atoms with E-state index < -0.39 is 29.0 Å². The molecule has 0 saturated carbocycles. The molecular formula is C16H19FN4O4. The highest BCUT2D eigenvalue weighted by Gasteiger charge is 2.32. The molecule has 1 amide bonds. The highest BCUT2D eigenvalue weighted by atomic mass is 19.1. The number of aromatic carboxylic acids is 1. The molecule has 25 heavy (non-hydrogen) atoms. The monoisotopic (exact) mass is 350 g/mol. The number of fused-ring (bicyclic) bond motifs is 1. The number of ether oxygens (including phenoxy) is 1. The van der Waals surface area contributed by atoms with Crippen molar-refractivity contribution < 1.29 is 23.8 Å². The highest BCUT2D eigenvalue weighted by Crippen LogP contribution is 2.27. The molecule has 1 aromatic carbocycles. The summed E-state index contributed by atoms with van der Waals surface area (Å²) in [5.41, 5.74) is -0.319. The number of halogens is 1. The van der Waals surface area contributed by atoms with Crippen molar-refractivity contribution in [3.63, 3.8) is 0 Å². The van der Waals surface area contributed by atoms with Crippen molar-refractivity contribution in [3.05, 3.63) is 23.5 Å². The fraction of sp³-hybridized carbons (Fsp3) is 0.500. The number of hydrogen-bond donors (Lipinski definition) is 1. The topological polar surface area (TPSA) is 97.5 Å². The number of nitrogens with zero attached hydrogens (tertiary/aromatic N) is 4. The maximum Gasteiger partial charge on any atom is 0.410 e. The Morgan fingerprint density at radius 2 is 2.08 bits per heavy atom. The smallest absolute Gasteiger partial charge is 0.410 e. The number of hydrogen-bond acceptors (Lipinski definition) is 5. The number of aromatic nitrogens is 3. The predicted molar refractivity (Wildman–Crippen MR) is 85.9 cm³/mol. The van der Waals surface area contributed by atoms with Gasteiger partial charge in [-0.15, -0.1) is 5.10 Å². The zero-order chi connectivity index (χ0) is 18.4. The number of carboxylic acids is 1. The van der Waals surface area contributed by atoms with Crippen molar-refractivity contribution in [2.45, 2.75) is 38.8 Å². The standard InChI is InChI=1S/C16H19FN4O4/c1-16(2,3)25-15(24)20-5-4-9(8-20)21-13-7-11(17)10(14(22)23)6-12(13)18-19-21/h6-7,9H,4-5,8H2,1-3H3,(H,22,23). The molecule has 9 heteroatoms. The molecule has 3 rings (SSSR count). The summed E-state index contributed by atoms with van der Waals surface area (Å²) in [5.74, 6) is -2.20. The molecule has 1 N–H and O–H groups in total. The van der Waals surface area contributed by atoms with E-state index in [1.165, 1.54) is 4.68 Å². The highest BCUT2D eigenvalue weighted by molar-refractivity contribution is 5.92. The van der Waals surface area contributed by atoms with Crippen LogP contribution in [0.1, 0.15) is 43.6 Å². The Balaban J connectivity index is 1.83. The lowest BCUT2D eigenvalue weighted by Gasteiger charge is -2.24. The Labute approximate surface area is 143 Å². The third-order valence-corrected chi connectivity index (χ3v) is 3.95. The van der Waals surface area contributed by atoms with Crippen molar-refractivity contribution in [1.82, 2.24) is 19.9 Å². The first kappa shape index (κ1) is 17.1. The minimum atomic E-state index is -1.36. The van der Waals surface area contributed by atoms with Crippen LogP contribution >= 0.6 is 0 Å². The molecule has 1 aliphatic rings. The van der Waals surface area contributed by atoms with Gasteiger partial charge >= 0.3 is 12.1 Å².